The Morgan fingerprint density at radius 3 is 2.34 bits per heavy atom. The van der Waals surface area contributed by atoms with Crippen LogP contribution >= 0.6 is 23.4 Å². The van der Waals surface area contributed by atoms with Crippen molar-refractivity contribution in [2.45, 2.75) is 47.9 Å². The van der Waals surface area contributed by atoms with Gasteiger partial charge in [0.1, 0.15) is 6.04 Å². The van der Waals surface area contributed by atoms with Gasteiger partial charge < -0.3 is 20.6 Å². The Morgan fingerprint density at radius 2 is 1.66 bits per heavy atom. The molecule has 7 nitrogen and oxygen atoms in total. The summed E-state index contributed by atoms with van der Waals surface area (Å²) in [6.45, 7) is 2.04. The van der Waals surface area contributed by atoms with Crippen LogP contribution in [0.2, 0.25) is 5.02 Å². The molecule has 3 amide bonds. The normalized spacial score (nSPS) is 28.8. The van der Waals surface area contributed by atoms with E-state index in [4.69, 9.17) is 11.6 Å². The molecule has 2 bridgehead atoms. The summed E-state index contributed by atoms with van der Waals surface area (Å²) < 4.78 is -1.33. The molecular formula is C32H32ClN3O4S. The molecule has 0 aliphatic carbocycles. The molecule has 3 aromatic rings. The number of nitrogens with one attached hydrogen (secondary N) is 2. The number of halogens is 1. The lowest BCUT2D eigenvalue weighted by molar-refractivity contribution is -0.142. The van der Waals surface area contributed by atoms with E-state index < -0.39 is 33.4 Å². The molecule has 6 rings (SSSR count). The number of para-hydroxylation sites is 1. The number of benzene rings is 3. The van der Waals surface area contributed by atoms with Crippen LogP contribution in [0.1, 0.15) is 36.9 Å². The Labute approximate surface area is 248 Å². The molecular weight excluding hydrogens is 558 g/mol. The summed E-state index contributed by atoms with van der Waals surface area (Å²) in [6, 6.07) is 24.2. The molecule has 3 aliphatic heterocycles. The van der Waals surface area contributed by atoms with Crippen LogP contribution in [0.25, 0.3) is 0 Å². The maximum absolute atomic E-state index is 14.5. The first-order valence-electron chi connectivity index (χ1n) is 13.8. The summed E-state index contributed by atoms with van der Waals surface area (Å²) in [6.07, 6.45) is 1.31. The van der Waals surface area contributed by atoms with E-state index in [1.807, 2.05) is 67.6 Å². The average molecular weight is 590 g/mol. The molecule has 9 heteroatoms. The van der Waals surface area contributed by atoms with Crippen molar-refractivity contribution in [3.8, 4) is 0 Å². The molecule has 3 aromatic carbocycles. The van der Waals surface area contributed by atoms with E-state index in [2.05, 4.69) is 10.6 Å². The van der Waals surface area contributed by atoms with Gasteiger partial charge in [-0.1, -0.05) is 84.4 Å². The first-order valence-corrected chi connectivity index (χ1v) is 15.0. The van der Waals surface area contributed by atoms with E-state index in [-0.39, 0.29) is 24.3 Å². The highest BCUT2D eigenvalue weighted by atomic mass is 35.5. The number of hydrogen-bond donors (Lipinski definition) is 3. The van der Waals surface area contributed by atoms with Gasteiger partial charge in [0.25, 0.3) is 0 Å². The minimum absolute atomic E-state index is 0.184. The summed E-state index contributed by atoms with van der Waals surface area (Å²) in [7, 11) is 0. The van der Waals surface area contributed by atoms with Gasteiger partial charge in [0.05, 0.1) is 39.9 Å². The Morgan fingerprint density at radius 1 is 1.00 bits per heavy atom. The number of aliphatic hydroxyl groups is 1. The lowest BCUT2D eigenvalue weighted by atomic mass is 9.66. The van der Waals surface area contributed by atoms with E-state index in [0.717, 1.165) is 11.1 Å². The van der Waals surface area contributed by atoms with Crippen LogP contribution in [0.15, 0.2) is 84.9 Å². The Kier molecular flexibility index (Phi) is 7.34. The Hall–Kier alpha value is -3.33. The molecule has 1 spiro atoms. The van der Waals surface area contributed by atoms with E-state index in [0.29, 0.717) is 30.1 Å². The molecule has 0 radical (unpaired) electrons. The number of likely N-dealkylation sites (tertiary alicyclic amines) is 1. The van der Waals surface area contributed by atoms with Crippen LogP contribution in [0, 0.1) is 11.8 Å². The summed E-state index contributed by atoms with van der Waals surface area (Å²) in [5.41, 5.74) is 2.15. The average Bonchev–Trinajstić information content (AvgIpc) is 3.55. The summed E-state index contributed by atoms with van der Waals surface area (Å²) in [5.74, 6) is -2.15. The third-order valence-corrected chi connectivity index (χ3v) is 11.2. The molecule has 3 fully saturated rings. The molecule has 3 heterocycles. The quantitative estimate of drug-likeness (QED) is 0.350. The van der Waals surface area contributed by atoms with Crippen LogP contribution in [0.3, 0.4) is 0 Å². The zero-order chi connectivity index (χ0) is 28.8. The van der Waals surface area contributed by atoms with Crippen LogP contribution in [0.4, 0.5) is 5.69 Å². The van der Waals surface area contributed by atoms with Gasteiger partial charge >= 0.3 is 0 Å². The first-order chi connectivity index (χ1) is 19.8. The topological polar surface area (TPSA) is 98.7 Å². The van der Waals surface area contributed by atoms with Crippen LogP contribution in [0.5, 0.6) is 0 Å². The van der Waals surface area contributed by atoms with Crippen molar-refractivity contribution < 1.29 is 19.5 Å². The molecule has 3 N–H and O–H groups in total. The number of nitrogens with zero attached hydrogens (tertiary/aromatic N) is 1. The lowest BCUT2D eigenvalue weighted by Crippen LogP contribution is -2.53. The highest BCUT2D eigenvalue weighted by molar-refractivity contribution is 8.02. The molecule has 6 atom stereocenters. The zero-order valence-electron chi connectivity index (χ0n) is 22.6. The molecule has 212 valence electrons. The minimum Gasteiger partial charge on any atom is -0.394 e. The Balaban J connectivity index is 1.39. The third-order valence-electron chi connectivity index (χ3n) is 8.88. The molecule has 0 aromatic heterocycles. The molecule has 3 aliphatic rings. The van der Waals surface area contributed by atoms with Crippen molar-refractivity contribution in [3.05, 3.63) is 101 Å². The van der Waals surface area contributed by atoms with Gasteiger partial charge in [-0.2, -0.15) is 0 Å². The number of aliphatic hydroxyl groups excluding tert-OH is 1. The van der Waals surface area contributed by atoms with Crippen molar-refractivity contribution in [2.24, 2.45) is 11.8 Å². The largest absolute Gasteiger partial charge is 0.394 e. The predicted octanol–water partition coefficient (Wildman–Crippen LogP) is 4.81. The second-order valence-corrected chi connectivity index (χ2v) is 13.6. The third kappa shape index (κ3) is 4.62. The molecule has 41 heavy (non-hydrogen) atoms. The number of fused-ring (bicyclic) bond motifs is 1. The highest BCUT2D eigenvalue weighted by Gasteiger charge is 2.77. The smallest absolute Gasteiger partial charge is 0.248 e. The first kappa shape index (κ1) is 27.8. The monoisotopic (exact) mass is 589 g/mol. The maximum atomic E-state index is 14.5. The number of thioether (sulfide) groups is 1. The number of carbonyl (C=O) groups excluding carboxylic acids is 3. The Bertz CT molecular complexity index is 1470. The number of carbonyl (C=O) groups is 3. The van der Waals surface area contributed by atoms with Crippen molar-refractivity contribution in [2.75, 3.05) is 11.9 Å². The fourth-order valence-corrected chi connectivity index (χ4v) is 9.61. The maximum Gasteiger partial charge on any atom is 0.248 e. The number of anilines is 1. The SMILES string of the molecule is C[C@]12CCC3(S1)C(C(=O)Nc1ccccc1Cl)N([C@H](CO)c1ccccc1)C(=O)[C@@H]3[C@H]2C(=O)NCc1ccccc1. The van der Waals surface area contributed by atoms with Gasteiger partial charge in [-0.15, -0.1) is 11.8 Å². The van der Waals surface area contributed by atoms with Gasteiger partial charge in [0, 0.05) is 11.3 Å². The van der Waals surface area contributed by atoms with E-state index >= 15 is 0 Å². The summed E-state index contributed by atoms with van der Waals surface area (Å²) in [5, 5.41) is 17.1. The van der Waals surface area contributed by atoms with Gasteiger partial charge in [-0.05, 0) is 43.0 Å². The van der Waals surface area contributed by atoms with E-state index in [1.54, 1.807) is 40.9 Å². The van der Waals surface area contributed by atoms with Gasteiger partial charge in [-0.25, -0.2) is 0 Å². The highest BCUT2D eigenvalue weighted by Crippen LogP contribution is 2.72. The number of amides is 3. The molecule has 3 saturated heterocycles. The van der Waals surface area contributed by atoms with Crippen molar-refractivity contribution in [3.63, 3.8) is 0 Å². The van der Waals surface area contributed by atoms with Crippen LogP contribution in [-0.2, 0) is 20.9 Å². The van der Waals surface area contributed by atoms with Gasteiger partial charge in [0.2, 0.25) is 17.7 Å². The van der Waals surface area contributed by atoms with Gasteiger partial charge in [0.15, 0.2) is 0 Å². The fraction of sp³-hybridized carbons (Fsp3) is 0.344. The van der Waals surface area contributed by atoms with E-state index in [9.17, 15) is 19.5 Å². The van der Waals surface area contributed by atoms with E-state index in [1.165, 1.54) is 0 Å². The molecule has 0 saturated carbocycles. The van der Waals surface area contributed by atoms with Crippen LogP contribution < -0.4 is 10.6 Å². The van der Waals surface area contributed by atoms with Crippen molar-refractivity contribution in [1.82, 2.24) is 10.2 Å². The minimum atomic E-state index is -0.910. The standard InChI is InChI=1S/C32H32ClN3O4S/c1-31-16-17-32(41-31)26(25(31)28(38)34-18-20-10-4-2-5-11-20)30(40)36(24(19-37)21-12-6-3-7-13-21)27(32)29(39)35-23-15-9-8-14-22(23)33/h2-15,24-27,37H,16-19H2,1H3,(H,34,38)(H,35,39)/t24-,25+,26+,27?,31-,32?/m1/s1. The lowest BCUT2D eigenvalue weighted by Gasteiger charge is -2.37. The summed E-state index contributed by atoms with van der Waals surface area (Å²) >= 11 is 7.99. The zero-order valence-corrected chi connectivity index (χ0v) is 24.2. The second-order valence-electron chi connectivity index (χ2n) is 11.3. The van der Waals surface area contributed by atoms with Crippen molar-refractivity contribution >= 4 is 46.8 Å². The second kappa shape index (κ2) is 10.8. The van der Waals surface area contributed by atoms with Crippen LogP contribution in [-0.4, -0.2) is 49.9 Å². The van der Waals surface area contributed by atoms with Crippen molar-refractivity contribution in [1.29, 1.82) is 0 Å². The predicted molar refractivity (Wildman–Crippen MR) is 160 cm³/mol. The summed E-state index contributed by atoms with van der Waals surface area (Å²) in [4.78, 5) is 44.2. The fourth-order valence-electron chi connectivity index (χ4n) is 7.09. The number of hydrogen-bond acceptors (Lipinski definition) is 5. The van der Waals surface area contributed by atoms with Gasteiger partial charge in [-0.3, -0.25) is 14.4 Å². The number of rotatable bonds is 8. The molecule has 2 unspecified atom stereocenters.